The molecule has 0 saturated heterocycles. The Labute approximate surface area is 146 Å². The molecule has 2 aromatic heterocycles. The highest BCUT2D eigenvalue weighted by atomic mass is 32.1. The van der Waals surface area contributed by atoms with Gasteiger partial charge in [-0.3, -0.25) is 14.2 Å². The monoisotopic (exact) mass is 361 g/mol. The van der Waals surface area contributed by atoms with Crippen molar-refractivity contribution >= 4 is 33.7 Å². The number of carbonyl (C=O) groups is 1. The van der Waals surface area contributed by atoms with Crippen LogP contribution in [-0.4, -0.2) is 22.6 Å². The molecule has 0 aliphatic heterocycles. The molecule has 0 aliphatic rings. The van der Waals surface area contributed by atoms with E-state index < -0.39 is 0 Å². The van der Waals surface area contributed by atoms with Crippen molar-refractivity contribution in [3.63, 3.8) is 0 Å². The lowest BCUT2D eigenvalue weighted by atomic mass is 10.2. The number of ether oxygens (including phenoxy) is 1. The first kappa shape index (κ1) is 16.4. The van der Waals surface area contributed by atoms with Gasteiger partial charge in [-0.15, -0.1) is 11.3 Å². The van der Waals surface area contributed by atoms with E-state index in [0.717, 1.165) is 34.0 Å². The minimum atomic E-state index is -0.269. The fraction of sp³-hybridized carbons (Fsp3) is 0.188. The molecule has 0 fully saturated rings. The molecule has 0 spiro atoms. The van der Waals surface area contributed by atoms with E-state index in [0.29, 0.717) is 5.13 Å². The highest BCUT2D eigenvalue weighted by Gasteiger charge is 2.11. The number of methoxy groups -OCH3 is 1. The molecule has 0 saturated carbocycles. The third-order valence-electron chi connectivity index (χ3n) is 3.41. The van der Waals surface area contributed by atoms with Crippen molar-refractivity contribution in [2.24, 2.45) is 0 Å². The van der Waals surface area contributed by atoms with Gasteiger partial charge in [-0.25, -0.2) is 4.98 Å². The number of rotatable bonds is 5. The van der Waals surface area contributed by atoms with Crippen LogP contribution in [-0.2, 0) is 11.3 Å². The number of thiazole rings is 2. The zero-order chi connectivity index (χ0) is 17.1. The van der Waals surface area contributed by atoms with Crippen LogP contribution < -0.4 is 14.9 Å². The lowest BCUT2D eigenvalue weighted by Crippen LogP contribution is -2.25. The van der Waals surface area contributed by atoms with Gasteiger partial charge < -0.3 is 10.1 Å². The average Bonchev–Trinajstić information content (AvgIpc) is 3.17. The summed E-state index contributed by atoms with van der Waals surface area (Å²) in [5.74, 6) is 0.508. The Bertz CT molecular complexity index is 909. The zero-order valence-corrected chi connectivity index (χ0v) is 14.7. The van der Waals surface area contributed by atoms with E-state index in [2.05, 4.69) is 10.3 Å². The summed E-state index contributed by atoms with van der Waals surface area (Å²) in [6.45, 7) is 1.79. The number of aromatic nitrogens is 2. The Morgan fingerprint density at radius 2 is 2.00 bits per heavy atom. The second-order valence-corrected chi connectivity index (χ2v) is 6.72. The Kier molecular flexibility index (Phi) is 4.77. The highest BCUT2D eigenvalue weighted by Crippen LogP contribution is 2.26. The van der Waals surface area contributed by atoms with Crippen LogP contribution in [0.3, 0.4) is 0 Å². The number of anilines is 1. The van der Waals surface area contributed by atoms with E-state index in [4.69, 9.17) is 4.74 Å². The molecule has 124 valence electrons. The lowest BCUT2D eigenvalue weighted by Gasteiger charge is -2.04. The number of aryl methyl sites for hydroxylation is 1. The smallest absolute Gasteiger partial charge is 0.307 e. The summed E-state index contributed by atoms with van der Waals surface area (Å²) in [5.41, 5.74) is 2.50. The second-order valence-electron chi connectivity index (χ2n) is 5.04. The molecule has 3 rings (SSSR count). The number of nitrogens with zero attached hydrogens (tertiary/aromatic N) is 2. The van der Waals surface area contributed by atoms with Crippen LogP contribution in [0.2, 0.25) is 0 Å². The molecule has 0 radical (unpaired) electrons. The van der Waals surface area contributed by atoms with E-state index in [-0.39, 0.29) is 17.3 Å². The van der Waals surface area contributed by atoms with Crippen LogP contribution in [0.25, 0.3) is 11.3 Å². The topological polar surface area (TPSA) is 73.2 Å². The third-order valence-corrected chi connectivity index (χ3v) is 5.05. The lowest BCUT2D eigenvalue weighted by molar-refractivity contribution is -0.116. The van der Waals surface area contributed by atoms with Gasteiger partial charge in [0.05, 0.1) is 12.8 Å². The van der Waals surface area contributed by atoms with Crippen LogP contribution in [0, 0.1) is 6.92 Å². The third kappa shape index (κ3) is 3.55. The van der Waals surface area contributed by atoms with Crippen LogP contribution in [0.4, 0.5) is 5.13 Å². The maximum Gasteiger partial charge on any atom is 0.307 e. The molecule has 0 bridgehead atoms. The number of nitrogens with one attached hydrogen (secondary N) is 1. The first-order valence-electron chi connectivity index (χ1n) is 7.11. The van der Waals surface area contributed by atoms with Crippen molar-refractivity contribution in [3.8, 4) is 17.0 Å². The second kappa shape index (κ2) is 6.98. The molecule has 0 atom stereocenters. The number of hydrogen-bond acceptors (Lipinski definition) is 6. The normalized spacial score (nSPS) is 10.6. The minimum Gasteiger partial charge on any atom is -0.497 e. The Morgan fingerprint density at radius 3 is 2.62 bits per heavy atom. The Hall–Kier alpha value is -2.45. The largest absolute Gasteiger partial charge is 0.497 e. The van der Waals surface area contributed by atoms with E-state index in [9.17, 15) is 9.59 Å². The summed E-state index contributed by atoms with van der Waals surface area (Å²) in [6.07, 6.45) is 0. The van der Waals surface area contributed by atoms with Crippen LogP contribution in [0.1, 0.15) is 5.69 Å². The van der Waals surface area contributed by atoms with E-state index in [1.165, 1.54) is 15.9 Å². The number of benzene rings is 1. The van der Waals surface area contributed by atoms with Gasteiger partial charge in [0, 0.05) is 22.0 Å². The molecule has 2 heterocycles. The molecule has 8 heteroatoms. The molecule has 0 aliphatic carbocycles. The maximum atomic E-state index is 12.1. The first-order valence-corrected chi connectivity index (χ1v) is 8.87. The number of amides is 1. The summed E-state index contributed by atoms with van der Waals surface area (Å²) in [7, 11) is 1.62. The quantitative estimate of drug-likeness (QED) is 0.758. The van der Waals surface area contributed by atoms with Gasteiger partial charge in [0.2, 0.25) is 5.91 Å². The van der Waals surface area contributed by atoms with Gasteiger partial charge in [0.1, 0.15) is 12.3 Å². The van der Waals surface area contributed by atoms with E-state index in [1.54, 1.807) is 19.4 Å². The van der Waals surface area contributed by atoms with Gasteiger partial charge in [-0.1, -0.05) is 11.3 Å². The van der Waals surface area contributed by atoms with E-state index in [1.807, 2.05) is 29.6 Å². The maximum absolute atomic E-state index is 12.1. The molecule has 1 amide bonds. The highest BCUT2D eigenvalue weighted by molar-refractivity contribution is 7.14. The van der Waals surface area contributed by atoms with Crippen molar-refractivity contribution in [1.82, 2.24) is 9.55 Å². The summed E-state index contributed by atoms with van der Waals surface area (Å²) in [6, 6.07) is 7.54. The Balaban J connectivity index is 1.69. The molecular formula is C16H15N3O3S2. The zero-order valence-electron chi connectivity index (χ0n) is 13.1. The predicted octanol–water partition coefficient (Wildman–Crippen LogP) is 2.99. The fourth-order valence-electron chi connectivity index (χ4n) is 2.12. The van der Waals surface area contributed by atoms with E-state index >= 15 is 0 Å². The van der Waals surface area contributed by atoms with Crippen molar-refractivity contribution in [1.29, 1.82) is 0 Å². The SMILES string of the molecule is COc1ccc(-c2csc(NC(=O)Cn3c(C)csc3=O)n2)cc1. The molecule has 1 aromatic carbocycles. The predicted molar refractivity (Wildman–Crippen MR) is 96.0 cm³/mol. The molecule has 3 aromatic rings. The first-order chi connectivity index (χ1) is 11.6. The van der Waals surface area contributed by atoms with Crippen LogP contribution >= 0.6 is 22.7 Å². The summed E-state index contributed by atoms with van der Waals surface area (Å²) < 4.78 is 6.57. The fourth-order valence-corrected chi connectivity index (χ4v) is 3.59. The van der Waals surface area contributed by atoms with Gasteiger partial charge in [-0.2, -0.15) is 0 Å². The molecular weight excluding hydrogens is 346 g/mol. The summed E-state index contributed by atoms with van der Waals surface area (Å²) in [5, 5.41) is 6.85. The van der Waals surface area contributed by atoms with Crippen molar-refractivity contribution in [2.75, 3.05) is 12.4 Å². The summed E-state index contributed by atoms with van der Waals surface area (Å²) in [4.78, 5) is 28.0. The van der Waals surface area contributed by atoms with Crippen LogP contribution in [0.15, 0.2) is 39.8 Å². The van der Waals surface area contributed by atoms with Gasteiger partial charge in [0.15, 0.2) is 5.13 Å². The minimum absolute atomic E-state index is 0.00832. The number of hydrogen-bond donors (Lipinski definition) is 1. The average molecular weight is 361 g/mol. The van der Waals surface area contributed by atoms with Crippen molar-refractivity contribution in [2.45, 2.75) is 13.5 Å². The van der Waals surface area contributed by atoms with Gasteiger partial charge >= 0.3 is 4.87 Å². The van der Waals surface area contributed by atoms with Crippen molar-refractivity contribution < 1.29 is 9.53 Å². The molecule has 0 unspecified atom stereocenters. The molecule has 24 heavy (non-hydrogen) atoms. The van der Waals surface area contributed by atoms with Gasteiger partial charge in [0.25, 0.3) is 0 Å². The van der Waals surface area contributed by atoms with Gasteiger partial charge in [-0.05, 0) is 31.2 Å². The summed E-state index contributed by atoms with van der Waals surface area (Å²) >= 11 is 2.43. The molecule has 1 N–H and O–H groups in total. The Morgan fingerprint density at radius 1 is 1.25 bits per heavy atom. The standard InChI is InChI=1S/C16H15N3O3S2/c1-10-8-24-16(21)19(10)7-14(20)18-15-17-13(9-23-15)11-3-5-12(22-2)6-4-11/h3-6,8-9H,7H2,1-2H3,(H,17,18,20). The number of carbonyl (C=O) groups excluding carboxylic acids is 1. The van der Waals surface area contributed by atoms with Crippen LogP contribution in [0.5, 0.6) is 5.75 Å². The van der Waals surface area contributed by atoms with Crippen molar-refractivity contribution in [3.05, 3.63) is 50.4 Å². The molecule has 6 nitrogen and oxygen atoms in total.